The lowest BCUT2D eigenvalue weighted by Crippen LogP contribution is -2.49. The smallest absolute Gasteiger partial charge is 0.233 e. The highest BCUT2D eigenvalue weighted by atomic mass is 32.2. The molecule has 166 valence electrons. The van der Waals surface area contributed by atoms with Crippen LogP contribution >= 0.6 is 11.8 Å². The van der Waals surface area contributed by atoms with Crippen molar-refractivity contribution in [1.82, 2.24) is 19.7 Å². The molecule has 3 aromatic rings. The summed E-state index contributed by atoms with van der Waals surface area (Å²) in [6.07, 6.45) is 2.49. The van der Waals surface area contributed by atoms with Crippen LogP contribution in [0.5, 0.6) is 0 Å². The second-order valence-electron chi connectivity index (χ2n) is 7.57. The number of anilines is 1. The maximum atomic E-state index is 14.0. The van der Waals surface area contributed by atoms with E-state index in [1.807, 2.05) is 44.7 Å². The van der Waals surface area contributed by atoms with Gasteiger partial charge >= 0.3 is 0 Å². The number of nitrogens with zero attached hydrogens (tertiary/aromatic N) is 5. The van der Waals surface area contributed by atoms with Crippen molar-refractivity contribution in [3.63, 3.8) is 0 Å². The van der Waals surface area contributed by atoms with Crippen LogP contribution in [0.1, 0.15) is 11.4 Å². The first-order valence-corrected chi connectivity index (χ1v) is 11.6. The number of hydrogen-bond acceptors (Lipinski definition) is 5. The Balaban J connectivity index is 1.34. The number of aromatic nitrogens is 3. The van der Waals surface area contributed by atoms with Gasteiger partial charge in [-0.15, -0.1) is 16.8 Å². The molecular formula is C24H26FN5OS. The lowest BCUT2D eigenvalue weighted by atomic mass is 10.1. The molecule has 1 amide bonds. The molecule has 0 bridgehead atoms. The van der Waals surface area contributed by atoms with Gasteiger partial charge in [-0.05, 0) is 17.7 Å². The van der Waals surface area contributed by atoms with E-state index in [4.69, 9.17) is 0 Å². The number of carbonyl (C=O) groups is 1. The largest absolute Gasteiger partial charge is 0.366 e. The topological polar surface area (TPSA) is 54.3 Å². The Morgan fingerprint density at radius 1 is 1.03 bits per heavy atom. The van der Waals surface area contributed by atoms with Crippen LogP contribution < -0.4 is 4.90 Å². The second kappa shape index (κ2) is 10.5. The molecular weight excluding hydrogens is 425 g/mol. The second-order valence-corrected chi connectivity index (χ2v) is 8.51. The van der Waals surface area contributed by atoms with Gasteiger partial charge in [0.2, 0.25) is 5.91 Å². The Hall–Kier alpha value is -3.13. The Kier molecular flexibility index (Phi) is 7.21. The van der Waals surface area contributed by atoms with Gasteiger partial charge in [0, 0.05) is 39.1 Å². The minimum atomic E-state index is -0.226. The van der Waals surface area contributed by atoms with Crippen molar-refractivity contribution in [1.29, 1.82) is 0 Å². The first kappa shape index (κ1) is 22.1. The van der Waals surface area contributed by atoms with E-state index in [0.717, 1.165) is 11.4 Å². The fourth-order valence-corrected chi connectivity index (χ4v) is 4.64. The summed E-state index contributed by atoms with van der Waals surface area (Å²) in [5.74, 6) is 0.974. The van der Waals surface area contributed by atoms with Crippen LogP contribution in [-0.4, -0.2) is 57.5 Å². The molecule has 1 saturated heterocycles. The van der Waals surface area contributed by atoms with E-state index in [1.54, 1.807) is 12.1 Å². The van der Waals surface area contributed by atoms with Crippen molar-refractivity contribution < 1.29 is 9.18 Å². The van der Waals surface area contributed by atoms with Crippen molar-refractivity contribution in [2.75, 3.05) is 36.8 Å². The third kappa shape index (κ3) is 5.19. The van der Waals surface area contributed by atoms with Gasteiger partial charge in [0.25, 0.3) is 0 Å². The number of amides is 1. The molecule has 0 radical (unpaired) electrons. The third-order valence-corrected chi connectivity index (χ3v) is 6.41. The van der Waals surface area contributed by atoms with E-state index in [1.165, 1.54) is 17.8 Å². The zero-order valence-electron chi connectivity index (χ0n) is 17.9. The molecule has 8 heteroatoms. The van der Waals surface area contributed by atoms with Gasteiger partial charge in [-0.25, -0.2) is 4.39 Å². The SMILES string of the molecule is C=CCn1c(Cc2ccccc2)nnc1SCC(=O)N1CCN(c2ccccc2F)CC1. The zero-order valence-corrected chi connectivity index (χ0v) is 18.7. The van der Waals surface area contributed by atoms with Crippen LogP contribution in [0.3, 0.4) is 0 Å². The first-order valence-electron chi connectivity index (χ1n) is 10.6. The summed E-state index contributed by atoms with van der Waals surface area (Å²) in [7, 11) is 0. The van der Waals surface area contributed by atoms with E-state index >= 15 is 0 Å². The molecule has 6 nitrogen and oxygen atoms in total. The molecule has 0 unspecified atom stereocenters. The number of rotatable bonds is 8. The van der Waals surface area contributed by atoms with Gasteiger partial charge in [-0.2, -0.15) is 0 Å². The van der Waals surface area contributed by atoms with Crippen LogP contribution in [0, 0.1) is 5.82 Å². The monoisotopic (exact) mass is 451 g/mol. The quantitative estimate of drug-likeness (QED) is 0.387. The number of hydrogen-bond donors (Lipinski definition) is 0. The summed E-state index contributed by atoms with van der Waals surface area (Å²) in [4.78, 5) is 16.6. The van der Waals surface area contributed by atoms with Gasteiger partial charge in [-0.3, -0.25) is 4.79 Å². The lowest BCUT2D eigenvalue weighted by Gasteiger charge is -2.36. The van der Waals surface area contributed by atoms with Crippen LogP contribution in [0.2, 0.25) is 0 Å². The summed E-state index contributed by atoms with van der Waals surface area (Å²) in [5, 5.41) is 9.38. The number of allylic oxidation sites excluding steroid dienone is 1. The molecule has 1 fully saturated rings. The van der Waals surface area contributed by atoms with Crippen molar-refractivity contribution in [3.8, 4) is 0 Å². The molecule has 0 N–H and O–H groups in total. The van der Waals surface area contributed by atoms with E-state index in [9.17, 15) is 9.18 Å². The molecule has 2 aromatic carbocycles. The highest BCUT2D eigenvalue weighted by Crippen LogP contribution is 2.22. The Morgan fingerprint density at radius 2 is 1.75 bits per heavy atom. The highest BCUT2D eigenvalue weighted by Gasteiger charge is 2.23. The summed E-state index contributed by atoms with van der Waals surface area (Å²) >= 11 is 1.40. The maximum Gasteiger partial charge on any atom is 0.233 e. The first-order chi connectivity index (χ1) is 15.7. The molecule has 4 rings (SSSR count). The van der Waals surface area contributed by atoms with Gasteiger partial charge in [0.15, 0.2) is 5.16 Å². The average molecular weight is 452 g/mol. The van der Waals surface area contributed by atoms with Crippen molar-refractivity contribution in [2.24, 2.45) is 0 Å². The van der Waals surface area contributed by atoms with Gasteiger partial charge in [0.05, 0.1) is 11.4 Å². The molecule has 1 aromatic heterocycles. The minimum Gasteiger partial charge on any atom is -0.366 e. The van der Waals surface area contributed by atoms with E-state index in [0.29, 0.717) is 55.7 Å². The minimum absolute atomic E-state index is 0.0564. The van der Waals surface area contributed by atoms with Gasteiger partial charge in [-0.1, -0.05) is 60.3 Å². The van der Waals surface area contributed by atoms with Crippen molar-refractivity contribution >= 4 is 23.4 Å². The highest BCUT2D eigenvalue weighted by molar-refractivity contribution is 7.99. The Bertz CT molecular complexity index is 1060. The molecule has 0 atom stereocenters. The number of para-hydroxylation sites is 1. The summed E-state index contributed by atoms with van der Waals surface area (Å²) in [5.41, 5.74) is 1.75. The Morgan fingerprint density at radius 3 is 2.47 bits per heavy atom. The van der Waals surface area contributed by atoms with Gasteiger partial charge < -0.3 is 14.4 Å². The number of carbonyl (C=O) groups excluding carboxylic acids is 1. The third-order valence-electron chi connectivity index (χ3n) is 5.46. The summed E-state index contributed by atoms with van der Waals surface area (Å²) in [6, 6.07) is 16.9. The van der Waals surface area contributed by atoms with Crippen molar-refractivity contribution in [2.45, 2.75) is 18.1 Å². The predicted molar refractivity (Wildman–Crippen MR) is 125 cm³/mol. The van der Waals surface area contributed by atoms with Crippen LogP contribution in [0.15, 0.2) is 72.4 Å². The zero-order chi connectivity index (χ0) is 22.3. The predicted octanol–water partition coefficient (Wildman–Crippen LogP) is 3.63. The standard InChI is InChI=1S/C24H26FN5OS/c1-2-12-30-22(17-19-8-4-3-5-9-19)26-27-24(30)32-18-23(31)29-15-13-28(14-16-29)21-11-7-6-10-20(21)25/h2-11H,1,12-18H2. The normalized spacial score (nSPS) is 13.9. The van der Waals surface area contributed by atoms with E-state index in [2.05, 4.69) is 28.9 Å². The van der Waals surface area contributed by atoms with Crippen LogP contribution in [-0.2, 0) is 17.8 Å². The molecule has 1 aliphatic rings. The van der Waals surface area contributed by atoms with Crippen LogP contribution in [0.4, 0.5) is 10.1 Å². The van der Waals surface area contributed by atoms with E-state index < -0.39 is 0 Å². The number of halogens is 1. The molecule has 0 spiro atoms. The molecule has 1 aliphatic heterocycles. The number of thioether (sulfide) groups is 1. The lowest BCUT2D eigenvalue weighted by molar-refractivity contribution is -0.128. The molecule has 32 heavy (non-hydrogen) atoms. The fourth-order valence-electron chi connectivity index (χ4n) is 3.77. The molecule has 0 aliphatic carbocycles. The average Bonchev–Trinajstić information content (AvgIpc) is 3.20. The van der Waals surface area contributed by atoms with Crippen LogP contribution in [0.25, 0.3) is 0 Å². The summed E-state index contributed by atoms with van der Waals surface area (Å²) in [6.45, 7) is 6.81. The fraction of sp³-hybridized carbons (Fsp3) is 0.292. The number of piperazine rings is 1. The summed E-state index contributed by atoms with van der Waals surface area (Å²) < 4.78 is 16.0. The molecule has 0 saturated carbocycles. The molecule has 2 heterocycles. The van der Waals surface area contributed by atoms with Gasteiger partial charge in [0.1, 0.15) is 11.6 Å². The van der Waals surface area contributed by atoms with Crippen molar-refractivity contribution in [3.05, 3.63) is 84.5 Å². The maximum absolute atomic E-state index is 14.0. The van der Waals surface area contributed by atoms with E-state index in [-0.39, 0.29) is 11.7 Å². The number of benzene rings is 2. The Labute approximate surface area is 191 Å².